The van der Waals surface area contributed by atoms with Gasteiger partial charge in [-0.05, 0) is 44.3 Å². The first kappa shape index (κ1) is 10.7. The van der Waals surface area contributed by atoms with Crippen LogP contribution in [0, 0.1) is 0 Å². The second-order valence-corrected chi connectivity index (χ2v) is 4.68. The van der Waals surface area contributed by atoms with Crippen molar-refractivity contribution in [3.63, 3.8) is 0 Å². The quantitative estimate of drug-likeness (QED) is 0.728. The van der Waals surface area contributed by atoms with Crippen molar-refractivity contribution >= 4 is 0 Å². The molecule has 1 nitrogen and oxygen atoms in total. The third-order valence-electron chi connectivity index (χ3n) is 3.77. The van der Waals surface area contributed by atoms with Gasteiger partial charge in [-0.1, -0.05) is 37.3 Å². The van der Waals surface area contributed by atoms with E-state index < -0.39 is 0 Å². The molecule has 0 aromatic heterocycles. The second-order valence-electron chi connectivity index (χ2n) is 4.68. The van der Waals surface area contributed by atoms with Crippen LogP contribution in [0.4, 0.5) is 0 Å². The second kappa shape index (κ2) is 4.80. The molecule has 0 bridgehead atoms. The topological polar surface area (TPSA) is 3.24 Å². The number of hydrogen-bond acceptors (Lipinski definition) is 1. The molecule has 0 N–H and O–H groups in total. The molecule has 0 radical (unpaired) electrons. The molecule has 0 saturated carbocycles. The Labute approximate surface area is 93.1 Å². The van der Waals surface area contributed by atoms with Gasteiger partial charge in [-0.3, -0.25) is 0 Å². The van der Waals surface area contributed by atoms with Crippen LogP contribution in [0.25, 0.3) is 0 Å². The lowest BCUT2D eigenvalue weighted by molar-refractivity contribution is 0.232. The van der Waals surface area contributed by atoms with E-state index in [4.69, 9.17) is 0 Å². The van der Waals surface area contributed by atoms with Gasteiger partial charge in [0, 0.05) is 6.04 Å². The zero-order chi connectivity index (χ0) is 10.7. The van der Waals surface area contributed by atoms with Crippen LogP contribution in [0.3, 0.4) is 0 Å². The van der Waals surface area contributed by atoms with E-state index in [2.05, 4.69) is 49.1 Å². The molecule has 1 aromatic rings. The highest BCUT2D eigenvalue weighted by atomic mass is 15.2. The average molecular weight is 203 g/mol. The summed E-state index contributed by atoms with van der Waals surface area (Å²) in [5.74, 6) is 0.643. The molecular weight excluding hydrogens is 182 g/mol. The summed E-state index contributed by atoms with van der Waals surface area (Å²) < 4.78 is 0. The predicted molar refractivity (Wildman–Crippen MR) is 65.1 cm³/mol. The van der Waals surface area contributed by atoms with Gasteiger partial charge in [0.2, 0.25) is 0 Å². The van der Waals surface area contributed by atoms with Crippen LogP contribution in [0.1, 0.15) is 38.2 Å². The minimum absolute atomic E-state index is 0.643. The van der Waals surface area contributed by atoms with Crippen LogP contribution in [0.15, 0.2) is 30.3 Å². The molecule has 1 heterocycles. The van der Waals surface area contributed by atoms with E-state index in [1.165, 1.54) is 31.5 Å². The van der Waals surface area contributed by atoms with Crippen molar-refractivity contribution in [2.75, 3.05) is 13.1 Å². The summed E-state index contributed by atoms with van der Waals surface area (Å²) in [7, 11) is 0. The fourth-order valence-electron chi connectivity index (χ4n) is 2.50. The van der Waals surface area contributed by atoms with Gasteiger partial charge in [-0.15, -0.1) is 0 Å². The Morgan fingerprint density at radius 1 is 1.00 bits per heavy atom. The van der Waals surface area contributed by atoms with Crippen LogP contribution < -0.4 is 0 Å². The lowest BCUT2D eigenvalue weighted by Crippen LogP contribution is -2.34. The number of nitrogens with zero attached hydrogens (tertiary/aromatic N) is 1. The maximum atomic E-state index is 2.62. The van der Waals surface area contributed by atoms with E-state index in [0.717, 1.165) is 0 Å². The summed E-state index contributed by atoms with van der Waals surface area (Å²) >= 11 is 0. The Morgan fingerprint density at radius 2 is 1.60 bits per heavy atom. The van der Waals surface area contributed by atoms with Gasteiger partial charge in [-0.2, -0.15) is 0 Å². The molecule has 0 spiro atoms. The van der Waals surface area contributed by atoms with Crippen molar-refractivity contribution in [2.45, 2.75) is 38.6 Å². The molecule has 2 atom stereocenters. The first-order valence-electron chi connectivity index (χ1n) is 6.08. The molecule has 2 rings (SSSR count). The van der Waals surface area contributed by atoms with Crippen molar-refractivity contribution in [1.29, 1.82) is 0 Å². The third kappa shape index (κ3) is 2.40. The van der Waals surface area contributed by atoms with Crippen molar-refractivity contribution in [3.05, 3.63) is 35.9 Å². The molecule has 1 saturated heterocycles. The van der Waals surface area contributed by atoms with Crippen LogP contribution in [0.2, 0.25) is 0 Å². The molecule has 82 valence electrons. The Hall–Kier alpha value is -0.820. The predicted octanol–water partition coefficient (Wildman–Crippen LogP) is 3.27. The molecule has 1 fully saturated rings. The molecule has 1 aromatic carbocycles. The van der Waals surface area contributed by atoms with Crippen LogP contribution in [-0.2, 0) is 0 Å². The smallest absolute Gasteiger partial charge is 0.0133 e. The van der Waals surface area contributed by atoms with E-state index in [1.807, 2.05) is 0 Å². The summed E-state index contributed by atoms with van der Waals surface area (Å²) in [5.41, 5.74) is 1.47. The minimum Gasteiger partial charge on any atom is -0.300 e. The number of benzene rings is 1. The number of likely N-dealkylation sites (tertiary alicyclic amines) is 1. The van der Waals surface area contributed by atoms with Gasteiger partial charge in [0.05, 0.1) is 0 Å². The van der Waals surface area contributed by atoms with Crippen LogP contribution in [-0.4, -0.2) is 24.0 Å². The largest absolute Gasteiger partial charge is 0.300 e. The normalized spacial score (nSPS) is 21.5. The SMILES string of the molecule is C[C@H]([C@@H](C)c1ccccc1)N1CCCC1. The molecule has 0 amide bonds. The van der Waals surface area contributed by atoms with E-state index in [-0.39, 0.29) is 0 Å². The van der Waals surface area contributed by atoms with Crippen molar-refractivity contribution in [2.24, 2.45) is 0 Å². The Balaban J connectivity index is 2.03. The van der Waals surface area contributed by atoms with Crippen molar-refractivity contribution in [1.82, 2.24) is 4.90 Å². The summed E-state index contributed by atoms with van der Waals surface area (Å²) in [4.78, 5) is 2.62. The van der Waals surface area contributed by atoms with Crippen LogP contribution in [0.5, 0.6) is 0 Å². The van der Waals surface area contributed by atoms with E-state index >= 15 is 0 Å². The van der Waals surface area contributed by atoms with Gasteiger partial charge < -0.3 is 4.90 Å². The van der Waals surface area contributed by atoms with E-state index in [1.54, 1.807) is 0 Å². The van der Waals surface area contributed by atoms with E-state index in [0.29, 0.717) is 12.0 Å². The standard InChI is InChI=1S/C14H21N/c1-12(14-8-4-3-5-9-14)13(2)15-10-6-7-11-15/h3-5,8-9,12-13H,6-7,10-11H2,1-2H3/t12-,13-/m1/s1. The molecule has 1 aliphatic heterocycles. The Kier molecular flexibility index (Phi) is 3.42. The summed E-state index contributed by atoms with van der Waals surface area (Å²) in [6.07, 6.45) is 2.76. The van der Waals surface area contributed by atoms with Gasteiger partial charge in [0.15, 0.2) is 0 Å². The fraction of sp³-hybridized carbons (Fsp3) is 0.571. The highest BCUT2D eigenvalue weighted by molar-refractivity contribution is 5.20. The maximum Gasteiger partial charge on any atom is 0.0133 e. The monoisotopic (exact) mass is 203 g/mol. The fourth-order valence-corrected chi connectivity index (χ4v) is 2.50. The molecule has 0 unspecified atom stereocenters. The van der Waals surface area contributed by atoms with Gasteiger partial charge in [0.25, 0.3) is 0 Å². The zero-order valence-electron chi connectivity index (χ0n) is 9.82. The summed E-state index contributed by atoms with van der Waals surface area (Å²) in [5, 5.41) is 0. The first-order chi connectivity index (χ1) is 7.29. The molecule has 0 aliphatic carbocycles. The summed E-state index contributed by atoms with van der Waals surface area (Å²) in [6, 6.07) is 11.5. The molecule has 15 heavy (non-hydrogen) atoms. The van der Waals surface area contributed by atoms with Crippen molar-refractivity contribution < 1.29 is 0 Å². The van der Waals surface area contributed by atoms with Gasteiger partial charge in [-0.25, -0.2) is 0 Å². The highest BCUT2D eigenvalue weighted by Crippen LogP contribution is 2.25. The maximum absolute atomic E-state index is 2.62. The van der Waals surface area contributed by atoms with Crippen molar-refractivity contribution in [3.8, 4) is 0 Å². The molecular formula is C14H21N. The number of rotatable bonds is 3. The zero-order valence-corrected chi connectivity index (χ0v) is 9.82. The lowest BCUT2D eigenvalue weighted by Gasteiger charge is -2.29. The van der Waals surface area contributed by atoms with Gasteiger partial charge in [0.1, 0.15) is 0 Å². The highest BCUT2D eigenvalue weighted by Gasteiger charge is 2.23. The Bertz CT molecular complexity index is 287. The molecule has 1 aliphatic rings. The average Bonchev–Trinajstić information content (AvgIpc) is 2.82. The first-order valence-corrected chi connectivity index (χ1v) is 6.08. The van der Waals surface area contributed by atoms with Crippen LogP contribution >= 0.6 is 0 Å². The number of hydrogen-bond donors (Lipinski definition) is 0. The summed E-state index contributed by atoms with van der Waals surface area (Å²) in [6.45, 7) is 7.29. The Morgan fingerprint density at radius 3 is 2.20 bits per heavy atom. The minimum atomic E-state index is 0.643. The van der Waals surface area contributed by atoms with E-state index in [9.17, 15) is 0 Å². The molecule has 1 heteroatoms. The third-order valence-corrected chi connectivity index (χ3v) is 3.77. The van der Waals surface area contributed by atoms with Gasteiger partial charge >= 0.3 is 0 Å². The lowest BCUT2D eigenvalue weighted by atomic mass is 9.93.